The van der Waals surface area contributed by atoms with Crippen LogP contribution in [0.3, 0.4) is 0 Å². The molecule has 10 heteroatoms. The molecule has 1 aliphatic rings. The van der Waals surface area contributed by atoms with Crippen LogP contribution in [0.5, 0.6) is 0 Å². The summed E-state index contributed by atoms with van der Waals surface area (Å²) < 4.78 is 40.9. The van der Waals surface area contributed by atoms with Crippen molar-refractivity contribution in [3.05, 3.63) is 79.7 Å². The van der Waals surface area contributed by atoms with Gasteiger partial charge in [0.15, 0.2) is 5.16 Å². The second-order valence-electron chi connectivity index (χ2n) is 6.48. The molecule has 4 rings (SSSR count). The van der Waals surface area contributed by atoms with Crippen molar-refractivity contribution in [3.63, 3.8) is 0 Å². The van der Waals surface area contributed by atoms with Gasteiger partial charge in [-0.05, 0) is 35.9 Å². The zero-order valence-corrected chi connectivity index (χ0v) is 18.3. The molecule has 30 heavy (non-hydrogen) atoms. The van der Waals surface area contributed by atoms with Crippen LogP contribution in [0.1, 0.15) is 16.8 Å². The summed E-state index contributed by atoms with van der Waals surface area (Å²) in [7, 11) is 0. The summed E-state index contributed by atoms with van der Waals surface area (Å²) in [5.41, 5.74) is 0.411. The van der Waals surface area contributed by atoms with Crippen molar-refractivity contribution in [3.8, 4) is 5.69 Å². The molecule has 0 N–H and O–H groups in total. The molecule has 2 aromatic carbocycles. The van der Waals surface area contributed by atoms with Crippen molar-refractivity contribution < 1.29 is 13.2 Å². The third kappa shape index (κ3) is 4.37. The summed E-state index contributed by atoms with van der Waals surface area (Å²) in [6.45, 7) is 0. The Kier molecular flexibility index (Phi) is 6.12. The maximum atomic E-state index is 13.2. The SMILES string of the molecule is O=c1c2c(nc(SCc3ccc(Cl)cc3Cl)n1-c1cccc(C(F)(F)F)c1)CCS2. The molecule has 0 radical (unpaired) electrons. The van der Waals surface area contributed by atoms with Gasteiger partial charge in [0.1, 0.15) is 0 Å². The van der Waals surface area contributed by atoms with Crippen LogP contribution in [-0.4, -0.2) is 15.3 Å². The third-order valence-electron chi connectivity index (χ3n) is 4.47. The Balaban J connectivity index is 1.79. The largest absolute Gasteiger partial charge is 0.416 e. The van der Waals surface area contributed by atoms with Crippen molar-refractivity contribution in [2.24, 2.45) is 0 Å². The van der Waals surface area contributed by atoms with Crippen molar-refractivity contribution in [2.45, 2.75) is 28.4 Å². The van der Waals surface area contributed by atoms with E-state index >= 15 is 0 Å². The molecule has 0 fully saturated rings. The fraction of sp³-hybridized carbons (Fsp3) is 0.200. The van der Waals surface area contributed by atoms with Crippen molar-refractivity contribution in [1.29, 1.82) is 0 Å². The summed E-state index contributed by atoms with van der Waals surface area (Å²) in [5.74, 6) is 1.10. The van der Waals surface area contributed by atoms with E-state index in [4.69, 9.17) is 23.2 Å². The van der Waals surface area contributed by atoms with E-state index in [1.807, 2.05) is 0 Å². The minimum Gasteiger partial charge on any atom is -0.268 e. The predicted molar refractivity (Wildman–Crippen MR) is 115 cm³/mol. The highest BCUT2D eigenvalue weighted by atomic mass is 35.5. The molecule has 0 amide bonds. The smallest absolute Gasteiger partial charge is 0.268 e. The van der Waals surface area contributed by atoms with E-state index in [-0.39, 0.29) is 11.2 Å². The molecule has 3 aromatic rings. The number of thioether (sulfide) groups is 2. The van der Waals surface area contributed by atoms with Gasteiger partial charge in [0.2, 0.25) is 0 Å². The lowest BCUT2D eigenvalue weighted by Gasteiger charge is -2.15. The van der Waals surface area contributed by atoms with Crippen LogP contribution in [0.2, 0.25) is 10.0 Å². The van der Waals surface area contributed by atoms with Crippen molar-refractivity contribution in [1.82, 2.24) is 9.55 Å². The number of aryl methyl sites for hydroxylation is 1. The summed E-state index contributed by atoms with van der Waals surface area (Å²) >= 11 is 14.8. The highest BCUT2D eigenvalue weighted by molar-refractivity contribution is 7.99. The van der Waals surface area contributed by atoms with Gasteiger partial charge in [-0.1, -0.05) is 47.1 Å². The fourth-order valence-corrected chi connectivity index (χ4v) is 5.63. The second kappa shape index (κ2) is 8.49. The monoisotopic (exact) mass is 488 g/mol. The molecule has 1 aromatic heterocycles. The molecule has 0 bridgehead atoms. The molecule has 0 unspecified atom stereocenters. The number of fused-ring (bicyclic) bond motifs is 1. The zero-order valence-electron chi connectivity index (χ0n) is 15.2. The topological polar surface area (TPSA) is 34.9 Å². The highest BCUT2D eigenvalue weighted by Gasteiger charge is 2.31. The molecular weight excluding hydrogens is 476 g/mol. The first kappa shape index (κ1) is 21.6. The molecule has 0 saturated carbocycles. The summed E-state index contributed by atoms with van der Waals surface area (Å²) in [4.78, 5) is 18.2. The van der Waals surface area contributed by atoms with Crippen LogP contribution in [0.15, 0.2) is 57.3 Å². The van der Waals surface area contributed by atoms with E-state index in [9.17, 15) is 18.0 Å². The first-order valence-corrected chi connectivity index (χ1v) is 11.5. The Morgan fingerprint density at radius 2 is 1.97 bits per heavy atom. The highest BCUT2D eigenvalue weighted by Crippen LogP contribution is 2.34. The molecule has 0 atom stereocenters. The van der Waals surface area contributed by atoms with Crippen molar-refractivity contribution in [2.75, 3.05) is 5.75 Å². The molecule has 0 saturated heterocycles. The average molecular weight is 489 g/mol. The Bertz CT molecular complexity index is 1180. The van der Waals surface area contributed by atoms with Gasteiger partial charge in [-0.3, -0.25) is 9.36 Å². The number of alkyl halides is 3. The number of aromatic nitrogens is 2. The summed E-state index contributed by atoms with van der Waals surface area (Å²) in [5, 5.41) is 1.30. The predicted octanol–water partition coefficient (Wildman–Crippen LogP) is 6.50. The second-order valence-corrected chi connectivity index (χ2v) is 9.37. The van der Waals surface area contributed by atoms with E-state index in [1.165, 1.54) is 40.2 Å². The van der Waals surface area contributed by atoms with Gasteiger partial charge in [-0.2, -0.15) is 13.2 Å². The molecule has 0 spiro atoms. The molecular formula is C20H13Cl2F3N2OS2. The maximum absolute atomic E-state index is 13.2. The van der Waals surface area contributed by atoms with Gasteiger partial charge in [-0.25, -0.2) is 4.98 Å². The van der Waals surface area contributed by atoms with Crippen LogP contribution in [-0.2, 0) is 18.3 Å². The first-order valence-electron chi connectivity index (χ1n) is 8.77. The van der Waals surface area contributed by atoms with Gasteiger partial charge in [0.05, 0.1) is 21.8 Å². The third-order valence-corrected chi connectivity index (χ3v) is 7.15. The number of hydrogen-bond donors (Lipinski definition) is 0. The lowest BCUT2D eigenvalue weighted by Crippen LogP contribution is -2.24. The fourth-order valence-electron chi connectivity index (χ4n) is 3.02. The van der Waals surface area contributed by atoms with E-state index in [0.29, 0.717) is 38.0 Å². The number of nitrogens with zero attached hydrogens (tertiary/aromatic N) is 2. The number of benzene rings is 2. The Hall–Kier alpha value is -1.61. The van der Waals surface area contributed by atoms with Crippen LogP contribution >= 0.6 is 46.7 Å². The van der Waals surface area contributed by atoms with E-state index in [2.05, 4.69) is 4.98 Å². The Labute approximate surface area is 188 Å². The lowest BCUT2D eigenvalue weighted by molar-refractivity contribution is -0.137. The van der Waals surface area contributed by atoms with Gasteiger partial charge in [0.25, 0.3) is 5.56 Å². The first-order chi connectivity index (χ1) is 14.2. The number of rotatable bonds is 4. The van der Waals surface area contributed by atoms with Gasteiger partial charge >= 0.3 is 6.18 Å². The van der Waals surface area contributed by atoms with Crippen molar-refractivity contribution >= 4 is 46.7 Å². The van der Waals surface area contributed by atoms with E-state index in [0.717, 1.165) is 23.4 Å². The molecule has 0 aliphatic carbocycles. The van der Waals surface area contributed by atoms with Gasteiger partial charge in [-0.15, -0.1) is 11.8 Å². The average Bonchev–Trinajstić information content (AvgIpc) is 3.16. The van der Waals surface area contributed by atoms with E-state index < -0.39 is 11.7 Å². The minimum atomic E-state index is -4.51. The number of hydrogen-bond acceptors (Lipinski definition) is 4. The standard InChI is InChI=1S/C20H13Cl2F3N2OS2/c21-13-5-4-11(15(22)9-13)10-30-19-26-16-6-7-29-17(16)18(28)27(19)14-3-1-2-12(8-14)20(23,24)25/h1-5,8-9H,6-7,10H2. The van der Waals surface area contributed by atoms with Crippen LogP contribution in [0, 0.1) is 0 Å². The molecule has 156 valence electrons. The summed E-state index contributed by atoms with van der Waals surface area (Å²) in [6.07, 6.45) is -3.86. The minimum absolute atomic E-state index is 0.127. The molecule has 3 nitrogen and oxygen atoms in total. The van der Waals surface area contributed by atoms with E-state index in [1.54, 1.807) is 18.2 Å². The summed E-state index contributed by atoms with van der Waals surface area (Å²) in [6, 6.07) is 9.80. The Morgan fingerprint density at radius 1 is 1.17 bits per heavy atom. The quantitative estimate of drug-likeness (QED) is 0.310. The Morgan fingerprint density at radius 3 is 2.70 bits per heavy atom. The van der Waals surface area contributed by atoms with Crippen LogP contribution in [0.4, 0.5) is 13.2 Å². The molecule has 2 heterocycles. The molecule has 1 aliphatic heterocycles. The lowest BCUT2D eigenvalue weighted by atomic mass is 10.2. The zero-order chi connectivity index (χ0) is 21.5. The van der Waals surface area contributed by atoms with Gasteiger partial charge < -0.3 is 0 Å². The number of halogens is 5. The van der Waals surface area contributed by atoms with Gasteiger partial charge in [0, 0.05) is 28.0 Å². The maximum Gasteiger partial charge on any atom is 0.416 e. The van der Waals surface area contributed by atoms with Crippen LogP contribution < -0.4 is 5.56 Å². The van der Waals surface area contributed by atoms with Crippen LogP contribution in [0.25, 0.3) is 5.69 Å². The normalized spacial score (nSPS) is 13.5.